The number of anilines is 3. The molecule has 11 aromatic rings. The van der Waals surface area contributed by atoms with Crippen LogP contribution >= 0.6 is 0 Å². The second-order valence-corrected chi connectivity index (χ2v) is 14.5. The quantitative estimate of drug-likeness (QED) is 0.163. The molecular formula is C54H36N2O. The highest BCUT2D eigenvalue weighted by molar-refractivity contribution is 6.17. The van der Waals surface area contributed by atoms with Crippen LogP contribution in [0.25, 0.3) is 82.8 Å². The van der Waals surface area contributed by atoms with E-state index in [1.54, 1.807) is 0 Å². The zero-order chi connectivity index (χ0) is 37.7. The molecule has 3 heteroatoms. The predicted molar refractivity (Wildman–Crippen MR) is 239 cm³/mol. The maximum absolute atomic E-state index is 6.46. The molecule has 0 fully saturated rings. The van der Waals surface area contributed by atoms with Gasteiger partial charge in [-0.15, -0.1) is 0 Å². The summed E-state index contributed by atoms with van der Waals surface area (Å²) < 4.78 is 8.88. The molecular weight excluding hydrogens is 693 g/mol. The molecule has 11 rings (SSSR count). The van der Waals surface area contributed by atoms with Gasteiger partial charge in [0, 0.05) is 50.4 Å². The third kappa shape index (κ3) is 5.60. The Kier molecular flexibility index (Phi) is 7.82. The molecule has 57 heavy (non-hydrogen) atoms. The second kappa shape index (κ2) is 13.6. The van der Waals surface area contributed by atoms with Crippen molar-refractivity contribution in [3.8, 4) is 39.1 Å². The lowest BCUT2D eigenvalue weighted by Gasteiger charge is -2.26. The highest BCUT2D eigenvalue weighted by Gasteiger charge is 2.22. The van der Waals surface area contributed by atoms with Gasteiger partial charge in [0.25, 0.3) is 0 Å². The molecule has 2 heterocycles. The van der Waals surface area contributed by atoms with Gasteiger partial charge in [0.2, 0.25) is 0 Å². The molecule has 0 saturated carbocycles. The van der Waals surface area contributed by atoms with Gasteiger partial charge >= 0.3 is 0 Å². The van der Waals surface area contributed by atoms with Gasteiger partial charge in [-0.1, -0.05) is 152 Å². The summed E-state index contributed by atoms with van der Waals surface area (Å²) in [7, 11) is 0. The van der Waals surface area contributed by atoms with Gasteiger partial charge in [-0.05, 0) is 94.0 Å². The smallest absolute Gasteiger partial charge is 0.137 e. The van der Waals surface area contributed by atoms with Crippen molar-refractivity contribution >= 4 is 60.8 Å². The van der Waals surface area contributed by atoms with Gasteiger partial charge in [-0.2, -0.15) is 0 Å². The summed E-state index contributed by atoms with van der Waals surface area (Å²) in [6.07, 6.45) is 0. The van der Waals surface area contributed by atoms with Crippen molar-refractivity contribution in [3.05, 3.63) is 218 Å². The Bertz CT molecular complexity index is 3230. The van der Waals surface area contributed by atoms with E-state index in [1.807, 2.05) is 12.1 Å². The lowest BCUT2D eigenvalue weighted by molar-refractivity contribution is 0.669. The third-order valence-electron chi connectivity index (χ3n) is 11.2. The molecule has 9 aromatic carbocycles. The Hall–Kier alpha value is -7.62. The van der Waals surface area contributed by atoms with Gasteiger partial charge in [0.1, 0.15) is 11.2 Å². The van der Waals surface area contributed by atoms with E-state index >= 15 is 0 Å². The molecule has 268 valence electrons. The number of benzene rings is 9. The van der Waals surface area contributed by atoms with E-state index in [9.17, 15) is 0 Å². The highest BCUT2D eigenvalue weighted by atomic mass is 16.3. The van der Waals surface area contributed by atoms with Crippen molar-refractivity contribution in [2.45, 2.75) is 0 Å². The maximum Gasteiger partial charge on any atom is 0.137 e. The van der Waals surface area contributed by atoms with Crippen LogP contribution in [-0.2, 0) is 0 Å². The SMILES string of the molecule is c1ccc(-c2cccc(N(c3ccc4c(c3)oc3ccccc34)c3ccc4c5c(-c6ccccc6-c6ccccc6)cccc5n(-c5ccccc5)c4c3)c2)cc1. The van der Waals surface area contributed by atoms with Crippen molar-refractivity contribution in [1.29, 1.82) is 0 Å². The van der Waals surface area contributed by atoms with Crippen LogP contribution in [0.1, 0.15) is 0 Å². The Balaban J connectivity index is 1.17. The fourth-order valence-corrected chi connectivity index (χ4v) is 8.62. The molecule has 0 N–H and O–H groups in total. The maximum atomic E-state index is 6.46. The zero-order valence-electron chi connectivity index (χ0n) is 31.1. The number of hydrogen-bond acceptors (Lipinski definition) is 2. The zero-order valence-corrected chi connectivity index (χ0v) is 31.1. The molecule has 0 bridgehead atoms. The number of hydrogen-bond donors (Lipinski definition) is 0. The lowest BCUT2D eigenvalue weighted by atomic mass is 9.92. The molecule has 0 aliphatic heterocycles. The Morgan fingerprint density at radius 3 is 1.72 bits per heavy atom. The molecule has 3 nitrogen and oxygen atoms in total. The number of rotatable bonds is 7. The first-order chi connectivity index (χ1) is 28.3. The molecule has 2 aromatic heterocycles. The highest BCUT2D eigenvalue weighted by Crippen LogP contribution is 2.45. The van der Waals surface area contributed by atoms with E-state index in [0.717, 1.165) is 61.3 Å². The van der Waals surface area contributed by atoms with Crippen molar-refractivity contribution in [2.75, 3.05) is 4.90 Å². The van der Waals surface area contributed by atoms with Crippen LogP contribution in [0.2, 0.25) is 0 Å². The summed E-state index contributed by atoms with van der Waals surface area (Å²) in [5, 5.41) is 4.65. The van der Waals surface area contributed by atoms with Crippen LogP contribution in [0.15, 0.2) is 223 Å². The monoisotopic (exact) mass is 728 g/mol. The molecule has 0 aliphatic carbocycles. The average molecular weight is 729 g/mol. The molecule has 0 unspecified atom stereocenters. The molecule has 0 spiro atoms. The first kappa shape index (κ1) is 32.8. The minimum absolute atomic E-state index is 0.860. The Morgan fingerprint density at radius 1 is 0.333 bits per heavy atom. The summed E-state index contributed by atoms with van der Waals surface area (Å²) in [6.45, 7) is 0. The number of aromatic nitrogens is 1. The average Bonchev–Trinajstić information content (AvgIpc) is 3.83. The normalized spacial score (nSPS) is 11.5. The van der Waals surface area contributed by atoms with Gasteiger partial charge in [0.15, 0.2) is 0 Å². The van der Waals surface area contributed by atoms with Crippen LogP contribution in [-0.4, -0.2) is 4.57 Å². The van der Waals surface area contributed by atoms with Crippen molar-refractivity contribution < 1.29 is 4.42 Å². The van der Waals surface area contributed by atoms with E-state index in [1.165, 1.54) is 38.6 Å². The number of furan rings is 1. The summed E-state index contributed by atoms with van der Waals surface area (Å²) >= 11 is 0. The number of fused-ring (bicyclic) bond motifs is 6. The van der Waals surface area contributed by atoms with Crippen molar-refractivity contribution in [3.63, 3.8) is 0 Å². The van der Waals surface area contributed by atoms with E-state index in [-0.39, 0.29) is 0 Å². The van der Waals surface area contributed by atoms with Crippen LogP contribution in [0.5, 0.6) is 0 Å². The van der Waals surface area contributed by atoms with Gasteiger partial charge in [0.05, 0.1) is 11.0 Å². The Morgan fingerprint density at radius 2 is 0.912 bits per heavy atom. The number of para-hydroxylation sites is 2. The molecule has 0 aliphatic rings. The first-order valence-electron chi connectivity index (χ1n) is 19.4. The molecule has 0 amide bonds. The lowest BCUT2D eigenvalue weighted by Crippen LogP contribution is -2.10. The van der Waals surface area contributed by atoms with E-state index in [4.69, 9.17) is 4.42 Å². The van der Waals surface area contributed by atoms with E-state index in [2.05, 4.69) is 216 Å². The molecule has 0 saturated heterocycles. The predicted octanol–water partition coefficient (Wildman–Crippen LogP) is 15.2. The minimum Gasteiger partial charge on any atom is -0.456 e. The summed E-state index contributed by atoms with van der Waals surface area (Å²) in [6, 6.07) is 78.1. The van der Waals surface area contributed by atoms with Gasteiger partial charge in [-0.25, -0.2) is 0 Å². The Labute approximate surface area is 330 Å². The first-order valence-corrected chi connectivity index (χ1v) is 19.4. The van der Waals surface area contributed by atoms with Crippen molar-refractivity contribution in [1.82, 2.24) is 4.57 Å². The van der Waals surface area contributed by atoms with Crippen LogP contribution < -0.4 is 4.90 Å². The molecule has 0 atom stereocenters. The van der Waals surface area contributed by atoms with Crippen LogP contribution in [0, 0.1) is 0 Å². The summed E-state index contributed by atoms with van der Waals surface area (Å²) in [5.41, 5.74) is 15.5. The van der Waals surface area contributed by atoms with E-state index in [0.29, 0.717) is 0 Å². The summed E-state index contributed by atoms with van der Waals surface area (Å²) in [5.74, 6) is 0. The van der Waals surface area contributed by atoms with Crippen molar-refractivity contribution in [2.24, 2.45) is 0 Å². The molecule has 0 radical (unpaired) electrons. The fourth-order valence-electron chi connectivity index (χ4n) is 8.62. The van der Waals surface area contributed by atoms with Gasteiger partial charge in [-0.3, -0.25) is 0 Å². The standard InChI is InChI=1S/C54H36N2O/c1-4-16-37(17-5-1)39-20-14-23-41(34-39)55(43-30-32-47-46-26-12-13-29-52(46)57-53(47)36-43)42-31-33-49-51(35-42)56(40-21-8-3-9-22-40)50-28-15-27-48(54(49)50)45-25-11-10-24-44(45)38-18-6-2-7-19-38/h1-36H. The second-order valence-electron chi connectivity index (χ2n) is 14.5. The minimum atomic E-state index is 0.860. The summed E-state index contributed by atoms with van der Waals surface area (Å²) in [4.78, 5) is 2.36. The largest absolute Gasteiger partial charge is 0.456 e. The van der Waals surface area contributed by atoms with Crippen LogP contribution in [0.3, 0.4) is 0 Å². The van der Waals surface area contributed by atoms with E-state index < -0.39 is 0 Å². The fraction of sp³-hybridized carbons (Fsp3) is 0. The van der Waals surface area contributed by atoms with Gasteiger partial charge < -0.3 is 13.9 Å². The van der Waals surface area contributed by atoms with Crippen LogP contribution in [0.4, 0.5) is 17.1 Å². The number of nitrogens with zero attached hydrogens (tertiary/aromatic N) is 2. The topological polar surface area (TPSA) is 21.3 Å². The third-order valence-corrected chi connectivity index (χ3v) is 11.2.